The zero-order valence-corrected chi connectivity index (χ0v) is 25.7. The van der Waals surface area contributed by atoms with Crippen molar-refractivity contribution in [3.8, 4) is 0 Å². The van der Waals surface area contributed by atoms with Gasteiger partial charge in [-0.1, -0.05) is 99.5 Å². The minimum atomic E-state index is -2.73. The van der Waals surface area contributed by atoms with Gasteiger partial charge in [-0.25, -0.2) is 0 Å². The van der Waals surface area contributed by atoms with Gasteiger partial charge < -0.3 is 13.9 Å². The highest BCUT2D eigenvalue weighted by Gasteiger charge is 2.60. The molecule has 2 fully saturated rings. The molecule has 0 bridgehead atoms. The molecule has 0 heterocycles. The smallest absolute Gasteiger partial charge is 0.261 e. The number of rotatable bonds is 9. The Kier molecular flexibility index (Phi) is 8.68. The van der Waals surface area contributed by atoms with Crippen molar-refractivity contribution >= 4 is 24.5 Å². The van der Waals surface area contributed by atoms with Crippen LogP contribution in [-0.4, -0.2) is 40.2 Å². The second-order valence-electron chi connectivity index (χ2n) is 13.0. The summed E-state index contributed by atoms with van der Waals surface area (Å²) in [6.45, 7) is 11.6. The fourth-order valence-corrected chi connectivity index (χ4v) is 13.2. The van der Waals surface area contributed by atoms with Gasteiger partial charge in [-0.05, 0) is 65.4 Å². The molecule has 3 aliphatic carbocycles. The van der Waals surface area contributed by atoms with Crippen LogP contribution in [0.2, 0.25) is 5.04 Å². The summed E-state index contributed by atoms with van der Waals surface area (Å²) in [6, 6.07) is 21.9. The van der Waals surface area contributed by atoms with Crippen LogP contribution in [0.15, 0.2) is 85.0 Å². The lowest BCUT2D eigenvalue weighted by atomic mass is 9.48. The Hall–Kier alpha value is -2.31. The minimum absolute atomic E-state index is 0.0861. The van der Waals surface area contributed by atoms with Gasteiger partial charge in [0.1, 0.15) is 6.79 Å². The van der Waals surface area contributed by atoms with E-state index in [1.165, 1.54) is 15.9 Å². The molecule has 5 atom stereocenters. The molecule has 0 N–H and O–H groups in total. The molecule has 4 nitrogen and oxygen atoms in total. The molecule has 0 amide bonds. The molecule has 2 saturated carbocycles. The van der Waals surface area contributed by atoms with Gasteiger partial charge in [-0.2, -0.15) is 0 Å². The topological polar surface area (TPSA) is 44.8 Å². The van der Waals surface area contributed by atoms with Crippen LogP contribution in [0.3, 0.4) is 0 Å². The van der Waals surface area contributed by atoms with Crippen molar-refractivity contribution in [1.82, 2.24) is 0 Å². The predicted octanol–water partition coefficient (Wildman–Crippen LogP) is 6.59. The number of hydrogen-bond acceptors (Lipinski definition) is 4. The van der Waals surface area contributed by atoms with Crippen molar-refractivity contribution in [2.75, 3.05) is 13.9 Å². The number of hydrogen-bond donors (Lipinski definition) is 0. The minimum Gasteiger partial charge on any atom is -0.404 e. The van der Waals surface area contributed by atoms with E-state index in [-0.39, 0.29) is 35.2 Å². The SMILES string of the molecule is C=C[C@@H](OCOC)C12CCC[C@@H](O[Si](c3ccccc3)(c3ccccc3)C(C)(C)C)C1CCC1=CC(=O)CCC12. The lowest BCUT2D eigenvalue weighted by Crippen LogP contribution is -2.69. The van der Waals surface area contributed by atoms with Gasteiger partial charge in [0, 0.05) is 25.0 Å². The van der Waals surface area contributed by atoms with Crippen molar-refractivity contribution in [3.05, 3.63) is 85.0 Å². The summed E-state index contributed by atoms with van der Waals surface area (Å²) in [7, 11) is -1.05. The average molecular weight is 559 g/mol. The fourth-order valence-electron chi connectivity index (χ4n) is 8.46. The molecule has 5 heteroatoms. The van der Waals surface area contributed by atoms with E-state index in [1.54, 1.807) is 7.11 Å². The van der Waals surface area contributed by atoms with Gasteiger partial charge in [-0.15, -0.1) is 6.58 Å². The van der Waals surface area contributed by atoms with E-state index in [0.29, 0.717) is 18.3 Å². The van der Waals surface area contributed by atoms with Crippen LogP contribution >= 0.6 is 0 Å². The molecular weight excluding hydrogens is 512 g/mol. The third kappa shape index (κ3) is 5.00. The quantitative estimate of drug-likeness (QED) is 0.198. The molecule has 5 rings (SSSR count). The highest BCUT2D eigenvalue weighted by molar-refractivity contribution is 6.99. The first-order chi connectivity index (χ1) is 19.3. The second-order valence-corrected chi connectivity index (χ2v) is 17.2. The molecule has 3 aliphatic rings. The van der Waals surface area contributed by atoms with Crippen LogP contribution in [0.5, 0.6) is 0 Å². The zero-order valence-electron chi connectivity index (χ0n) is 24.7. The number of allylic oxidation sites excluding steroid dienone is 2. The van der Waals surface area contributed by atoms with Crippen LogP contribution in [0.4, 0.5) is 0 Å². The van der Waals surface area contributed by atoms with Gasteiger partial charge in [0.25, 0.3) is 8.32 Å². The molecule has 3 unspecified atom stereocenters. The average Bonchev–Trinajstić information content (AvgIpc) is 2.96. The predicted molar refractivity (Wildman–Crippen MR) is 164 cm³/mol. The van der Waals surface area contributed by atoms with Crippen LogP contribution < -0.4 is 10.4 Å². The Balaban J connectivity index is 1.64. The molecule has 2 aromatic carbocycles. The van der Waals surface area contributed by atoms with Crippen LogP contribution in [-0.2, 0) is 18.7 Å². The van der Waals surface area contributed by atoms with Crippen LogP contribution in [0.1, 0.15) is 65.7 Å². The summed E-state index contributed by atoms with van der Waals surface area (Å²) in [5.41, 5.74) is 1.14. The maximum Gasteiger partial charge on any atom is 0.261 e. The largest absolute Gasteiger partial charge is 0.404 e. The Morgan fingerprint density at radius 2 is 1.65 bits per heavy atom. The van der Waals surface area contributed by atoms with Crippen molar-refractivity contribution in [2.24, 2.45) is 17.3 Å². The Morgan fingerprint density at radius 3 is 2.23 bits per heavy atom. The monoisotopic (exact) mass is 558 g/mol. The van der Waals surface area contributed by atoms with Gasteiger partial charge in [0.15, 0.2) is 5.78 Å². The van der Waals surface area contributed by atoms with E-state index >= 15 is 0 Å². The van der Waals surface area contributed by atoms with Gasteiger partial charge in [0.2, 0.25) is 0 Å². The number of benzene rings is 2. The summed E-state index contributed by atoms with van der Waals surface area (Å²) in [4.78, 5) is 12.5. The molecule has 40 heavy (non-hydrogen) atoms. The van der Waals surface area contributed by atoms with Crippen molar-refractivity contribution in [2.45, 2.75) is 83.0 Å². The summed E-state index contributed by atoms with van der Waals surface area (Å²) in [5, 5.41) is 2.55. The van der Waals surface area contributed by atoms with Gasteiger partial charge in [-0.3, -0.25) is 4.79 Å². The standard InChI is InChI=1S/C35H46O4Si/c1-6-33(38-25-37-5)35-23-13-18-32(31(35)21-19-26-24-27(36)20-22-30(26)35)39-40(34(2,3)4,28-14-9-7-10-15-28)29-16-11-8-12-17-29/h6-12,14-17,24,30-33H,1,13,18-23,25H2,2-5H3/t30?,31?,32-,33-,35?/m1/s1. The van der Waals surface area contributed by atoms with Crippen LogP contribution in [0.25, 0.3) is 0 Å². The highest BCUT2D eigenvalue weighted by Crippen LogP contribution is 2.61. The highest BCUT2D eigenvalue weighted by atomic mass is 28.4. The Bertz CT molecular complexity index is 1160. The zero-order chi connectivity index (χ0) is 28.4. The third-order valence-electron chi connectivity index (χ3n) is 9.96. The molecule has 0 spiro atoms. The number of ether oxygens (including phenoxy) is 2. The number of methoxy groups -OCH3 is 1. The molecular formula is C35H46O4Si. The normalized spacial score (nSPS) is 27.8. The maximum absolute atomic E-state index is 12.5. The lowest BCUT2D eigenvalue weighted by Gasteiger charge is -2.60. The van der Waals surface area contributed by atoms with Crippen molar-refractivity contribution in [3.63, 3.8) is 0 Å². The molecule has 0 aromatic heterocycles. The van der Waals surface area contributed by atoms with Crippen LogP contribution in [0, 0.1) is 17.3 Å². The number of ketones is 1. The third-order valence-corrected chi connectivity index (χ3v) is 15.0. The summed E-state index contributed by atoms with van der Waals surface area (Å²) < 4.78 is 19.7. The summed E-state index contributed by atoms with van der Waals surface area (Å²) in [6.07, 6.45) is 10.5. The first kappa shape index (κ1) is 29.2. The maximum atomic E-state index is 12.5. The summed E-state index contributed by atoms with van der Waals surface area (Å²) >= 11 is 0. The molecule has 0 saturated heterocycles. The van der Waals surface area contributed by atoms with E-state index in [4.69, 9.17) is 13.9 Å². The Morgan fingerprint density at radius 1 is 1.00 bits per heavy atom. The lowest BCUT2D eigenvalue weighted by molar-refractivity contribution is -0.170. The molecule has 214 valence electrons. The number of carbonyl (C=O) groups excluding carboxylic acids is 1. The van der Waals surface area contributed by atoms with E-state index in [9.17, 15) is 4.79 Å². The first-order valence-corrected chi connectivity index (χ1v) is 16.9. The number of fused-ring (bicyclic) bond motifs is 3. The number of carbonyl (C=O) groups is 1. The Labute approximate surface area is 241 Å². The van der Waals surface area contributed by atoms with Gasteiger partial charge in [0.05, 0.1) is 6.10 Å². The van der Waals surface area contributed by atoms with E-state index in [2.05, 4.69) is 88.0 Å². The summed E-state index contributed by atoms with van der Waals surface area (Å²) in [5.74, 6) is 0.871. The first-order valence-electron chi connectivity index (χ1n) is 15.0. The van der Waals surface area contributed by atoms with E-state index in [1.807, 2.05) is 12.2 Å². The van der Waals surface area contributed by atoms with Crippen molar-refractivity contribution < 1.29 is 18.7 Å². The second kappa shape index (κ2) is 11.9. The fraction of sp³-hybridized carbons (Fsp3) is 0.514. The molecule has 0 radical (unpaired) electrons. The van der Waals surface area contributed by atoms with E-state index in [0.717, 1.165) is 38.5 Å². The molecule has 2 aromatic rings. The van der Waals surface area contributed by atoms with Gasteiger partial charge >= 0.3 is 0 Å². The van der Waals surface area contributed by atoms with E-state index < -0.39 is 8.32 Å². The van der Waals surface area contributed by atoms with Crippen molar-refractivity contribution in [1.29, 1.82) is 0 Å². The molecule has 0 aliphatic heterocycles.